The minimum Gasteiger partial charge on any atom is -0.333 e. The third kappa shape index (κ3) is 1.02. The maximum absolute atomic E-state index is 6.47. The van der Waals surface area contributed by atoms with Gasteiger partial charge < -0.3 is 9.47 Å². The first-order valence-electron chi connectivity index (χ1n) is 8.17. The summed E-state index contributed by atoms with van der Waals surface area (Å²) in [6.07, 6.45) is 0.864. The molecule has 3 aliphatic heterocycles. The molecule has 0 saturated heterocycles. The molecule has 5 heterocycles. The van der Waals surface area contributed by atoms with Crippen LogP contribution in [0.25, 0.3) is 21.8 Å². The van der Waals surface area contributed by atoms with Crippen LogP contribution in [0.3, 0.4) is 0 Å². The van der Waals surface area contributed by atoms with Gasteiger partial charge in [-0.2, -0.15) is 0 Å². The quantitative estimate of drug-likeness (QED) is 0.466. The van der Waals surface area contributed by atoms with Crippen LogP contribution in [-0.2, 0) is 12.5 Å². The zero-order valence-corrected chi connectivity index (χ0v) is 12.7. The molecule has 0 bridgehead atoms. The fraction of sp³-hybridized carbons (Fsp3) is 0.100. The number of para-hydroxylation sites is 2. The number of nitrogens with zero attached hydrogens (tertiary/aromatic N) is 2. The van der Waals surface area contributed by atoms with Crippen LogP contribution in [0.15, 0.2) is 60.7 Å². The van der Waals surface area contributed by atoms with Gasteiger partial charge in [0.25, 0.3) is 11.0 Å². The fourth-order valence-electron chi connectivity index (χ4n) is 4.50. The van der Waals surface area contributed by atoms with E-state index in [1.54, 1.807) is 0 Å². The van der Waals surface area contributed by atoms with Gasteiger partial charge in [0.15, 0.2) is 0 Å². The average molecular weight is 312 g/mol. The van der Waals surface area contributed by atoms with Gasteiger partial charge in [0.1, 0.15) is 6.42 Å². The summed E-state index contributed by atoms with van der Waals surface area (Å²) >= 11 is 0. The third-order valence-electron chi connectivity index (χ3n) is 5.41. The molecule has 0 fully saturated rings. The first kappa shape index (κ1) is 11.4. The lowest BCUT2D eigenvalue weighted by molar-refractivity contribution is -1.04. The van der Waals surface area contributed by atoms with Crippen molar-refractivity contribution in [1.29, 1.82) is 0 Å². The van der Waals surface area contributed by atoms with Crippen molar-refractivity contribution in [2.24, 2.45) is 0 Å². The van der Waals surface area contributed by atoms with Gasteiger partial charge >= 0.3 is 6.03 Å². The number of hydrogen-bond donors (Lipinski definition) is 0. The van der Waals surface area contributed by atoms with Crippen LogP contribution >= 0.6 is 0 Å². The normalized spacial score (nSPS) is 17.2. The molecular formula is C20H12N2O2+2. The molecule has 3 aliphatic rings. The number of ether oxygens (including phenoxy) is 2. The molecule has 0 N–H and O–H groups in total. The van der Waals surface area contributed by atoms with Crippen molar-refractivity contribution in [3.05, 3.63) is 72.1 Å². The van der Waals surface area contributed by atoms with E-state index in [4.69, 9.17) is 9.47 Å². The Bertz CT molecular complexity index is 1150. The Hall–Kier alpha value is -3.14. The summed E-state index contributed by atoms with van der Waals surface area (Å²) in [6, 6.07) is 20.1. The molecule has 0 atom stereocenters. The molecule has 2 aromatic heterocycles. The molecule has 1 spiro atoms. The first-order chi connectivity index (χ1) is 11.9. The molecular weight excluding hydrogens is 300 g/mol. The predicted molar refractivity (Wildman–Crippen MR) is 85.7 cm³/mol. The highest BCUT2D eigenvalue weighted by atomic mass is 16.8. The van der Waals surface area contributed by atoms with Crippen molar-refractivity contribution in [2.45, 2.75) is 12.5 Å². The van der Waals surface area contributed by atoms with Gasteiger partial charge in [-0.15, -0.1) is 0 Å². The van der Waals surface area contributed by atoms with E-state index in [0.29, 0.717) is 0 Å². The zero-order valence-electron chi connectivity index (χ0n) is 12.7. The summed E-state index contributed by atoms with van der Waals surface area (Å²) < 4.78 is 17.4. The second kappa shape index (κ2) is 3.36. The lowest BCUT2D eigenvalue weighted by atomic mass is 10.1. The number of aromatic nitrogens is 2. The molecule has 112 valence electrons. The summed E-state index contributed by atoms with van der Waals surface area (Å²) in [6.45, 7) is 0. The fourth-order valence-corrected chi connectivity index (χ4v) is 4.50. The van der Waals surface area contributed by atoms with Gasteiger partial charge in [-0.3, -0.25) is 0 Å². The maximum atomic E-state index is 6.47. The van der Waals surface area contributed by atoms with Gasteiger partial charge in [-0.1, -0.05) is 12.1 Å². The van der Waals surface area contributed by atoms with E-state index in [0.717, 1.165) is 29.0 Å². The summed E-state index contributed by atoms with van der Waals surface area (Å²) in [4.78, 5) is 0. The third-order valence-corrected chi connectivity index (χ3v) is 5.41. The van der Waals surface area contributed by atoms with Crippen LogP contribution in [0.1, 0.15) is 11.4 Å². The van der Waals surface area contributed by atoms with Crippen molar-refractivity contribution in [1.82, 2.24) is 0 Å². The molecule has 4 nitrogen and oxygen atoms in total. The van der Waals surface area contributed by atoms with Gasteiger partial charge in [0, 0.05) is 12.1 Å². The summed E-state index contributed by atoms with van der Waals surface area (Å²) in [5.74, 6) is 1.75. The van der Waals surface area contributed by atoms with Crippen molar-refractivity contribution in [2.75, 3.05) is 0 Å². The van der Waals surface area contributed by atoms with Crippen LogP contribution in [0.2, 0.25) is 0 Å². The highest BCUT2D eigenvalue weighted by molar-refractivity contribution is 5.84. The van der Waals surface area contributed by atoms with Crippen LogP contribution in [0.5, 0.6) is 11.5 Å². The molecule has 0 unspecified atom stereocenters. The largest absolute Gasteiger partial charge is 0.716 e. The Labute approximate surface area is 137 Å². The molecule has 4 heteroatoms. The first-order valence-corrected chi connectivity index (χ1v) is 8.17. The molecule has 0 radical (unpaired) electrons. The Morgan fingerprint density at radius 3 is 1.75 bits per heavy atom. The Balaban J connectivity index is 1.73. The van der Waals surface area contributed by atoms with Crippen LogP contribution < -0.4 is 18.6 Å². The predicted octanol–water partition coefficient (Wildman–Crippen LogP) is 2.37. The van der Waals surface area contributed by atoms with Gasteiger partial charge in [-0.05, 0) is 45.5 Å². The standard InChI is InChI=1S/C20H12N2O2/c1-3-12-7-9-14-11-15-10-8-13-4-2-6-17-19(13)22(15)20(24-17)21(14)18(12)16(5-1)23-20/h1-10H,11H2/q+2. The van der Waals surface area contributed by atoms with E-state index in [-0.39, 0.29) is 0 Å². The average Bonchev–Trinajstić information content (AvgIpc) is 3.13. The lowest BCUT2D eigenvalue weighted by Crippen LogP contribution is -2.79. The second-order valence-corrected chi connectivity index (χ2v) is 6.64. The number of pyridine rings is 2. The smallest absolute Gasteiger partial charge is 0.333 e. The maximum Gasteiger partial charge on any atom is 0.716 e. The molecule has 24 heavy (non-hydrogen) atoms. The van der Waals surface area contributed by atoms with Gasteiger partial charge in [0.2, 0.25) is 22.9 Å². The van der Waals surface area contributed by atoms with E-state index in [1.165, 1.54) is 22.2 Å². The van der Waals surface area contributed by atoms with E-state index in [2.05, 4.69) is 45.5 Å². The highest BCUT2D eigenvalue weighted by Gasteiger charge is 2.72. The van der Waals surface area contributed by atoms with E-state index in [1.807, 2.05) is 24.3 Å². The monoisotopic (exact) mass is 312 g/mol. The highest BCUT2D eigenvalue weighted by Crippen LogP contribution is 2.41. The molecule has 0 saturated carbocycles. The zero-order chi connectivity index (χ0) is 15.5. The second-order valence-electron chi connectivity index (χ2n) is 6.64. The summed E-state index contributed by atoms with van der Waals surface area (Å²) in [5, 5.41) is 2.34. The molecule has 0 aliphatic carbocycles. The van der Waals surface area contributed by atoms with Crippen LogP contribution in [0.4, 0.5) is 0 Å². The molecule has 0 amide bonds. The Morgan fingerprint density at radius 2 is 1.21 bits per heavy atom. The molecule has 4 aromatic rings. The van der Waals surface area contributed by atoms with Crippen molar-refractivity contribution in [3.8, 4) is 11.5 Å². The minimum atomic E-state index is -0.963. The van der Waals surface area contributed by atoms with Crippen LogP contribution in [0, 0.1) is 0 Å². The summed E-state index contributed by atoms with van der Waals surface area (Å²) in [5.41, 5.74) is 4.63. The van der Waals surface area contributed by atoms with Crippen molar-refractivity contribution < 1.29 is 18.6 Å². The minimum absolute atomic E-state index is 0.864. The van der Waals surface area contributed by atoms with E-state index in [9.17, 15) is 0 Å². The Morgan fingerprint density at radius 1 is 0.667 bits per heavy atom. The van der Waals surface area contributed by atoms with Crippen molar-refractivity contribution in [3.63, 3.8) is 0 Å². The van der Waals surface area contributed by atoms with E-state index < -0.39 is 6.03 Å². The van der Waals surface area contributed by atoms with Crippen LogP contribution in [-0.4, -0.2) is 0 Å². The number of rotatable bonds is 0. The molecule has 2 aromatic carbocycles. The van der Waals surface area contributed by atoms with E-state index >= 15 is 0 Å². The van der Waals surface area contributed by atoms with Gasteiger partial charge in [0.05, 0.1) is 10.8 Å². The Kier molecular flexibility index (Phi) is 1.60. The van der Waals surface area contributed by atoms with Crippen molar-refractivity contribution >= 4 is 21.8 Å². The van der Waals surface area contributed by atoms with Gasteiger partial charge in [-0.25, -0.2) is 0 Å². The topological polar surface area (TPSA) is 26.2 Å². The lowest BCUT2D eigenvalue weighted by Gasteiger charge is -2.18. The number of benzene rings is 2. The SMILES string of the molecule is c1cc2c3c(c1)ccc1[n+]3C3(O2)Oc2cccc4ccc([n+]3c24)C1. The number of hydrogen-bond acceptors (Lipinski definition) is 2. The summed E-state index contributed by atoms with van der Waals surface area (Å²) in [7, 11) is 0. The molecule has 7 rings (SSSR count).